The molecule has 2 unspecified atom stereocenters. The van der Waals surface area contributed by atoms with Crippen LogP contribution in [0.2, 0.25) is 0 Å². The molecule has 45 heavy (non-hydrogen) atoms. The maximum absolute atomic E-state index is 13.0. The zero-order chi connectivity index (χ0) is 33.2. The van der Waals surface area contributed by atoms with Crippen LogP contribution in [0.4, 0.5) is 0 Å². The predicted octanol–water partition coefficient (Wildman–Crippen LogP) is 10.6. The maximum atomic E-state index is 13.0. The molecule has 0 rings (SSSR count). The molecule has 0 saturated heterocycles. The number of carbonyl (C=O) groups is 2. The van der Waals surface area contributed by atoms with Gasteiger partial charge in [-0.25, -0.2) is 0 Å². The van der Waals surface area contributed by atoms with E-state index < -0.39 is 0 Å². The van der Waals surface area contributed by atoms with Crippen LogP contribution in [-0.4, -0.2) is 48.9 Å². The molecule has 0 bridgehead atoms. The van der Waals surface area contributed by atoms with Gasteiger partial charge in [0, 0.05) is 6.42 Å². The first-order valence-electron chi connectivity index (χ1n) is 19.7. The molecular weight excluding hydrogens is 562 g/mol. The predicted molar refractivity (Wildman–Crippen MR) is 191 cm³/mol. The van der Waals surface area contributed by atoms with Crippen LogP contribution in [0.3, 0.4) is 0 Å². The van der Waals surface area contributed by atoms with Gasteiger partial charge in [-0.05, 0) is 51.5 Å². The van der Waals surface area contributed by atoms with Gasteiger partial charge in [-0.1, -0.05) is 156 Å². The van der Waals surface area contributed by atoms with E-state index in [1.165, 1.54) is 103 Å². The van der Waals surface area contributed by atoms with Crippen LogP contribution in [0.5, 0.6) is 0 Å². The summed E-state index contributed by atoms with van der Waals surface area (Å²) in [6.07, 6.45) is 30.1. The average Bonchev–Trinajstić information content (AvgIpc) is 3.02. The molecule has 0 aliphatic rings. The minimum absolute atomic E-state index is 0.0628. The molecule has 6 heteroatoms. The van der Waals surface area contributed by atoms with Crippen molar-refractivity contribution in [2.75, 3.05) is 19.8 Å². The third kappa shape index (κ3) is 31.2. The van der Waals surface area contributed by atoms with Crippen LogP contribution in [-0.2, 0) is 19.1 Å². The van der Waals surface area contributed by atoms with Gasteiger partial charge in [0.15, 0.2) is 0 Å². The summed E-state index contributed by atoms with van der Waals surface area (Å²) in [5.41, 5.74) is 0. The van der Waals surface area contributed by atoms with E-state index in [9.17, 15) is 14.7 Å². The number of rotatable bonds is 35. The Morgan fingerprint density at radius 3 is 1.62 bits per heavy atom. The maximum Gasteiger partial charge on any atom is 0.323 e. The Morgan fingerprint density at radius 1 is 0.556 bits per heavy atom. The molecule has 268 valence electrons. The fourth-order valence-electron chi connectivity index (χ4n) is 5.99. The lowest BCUT2D eigenvalue weighted by molar-refractivity contribution is -0.147. The summed E-state index contributed by atoms with van der Waals surface area (Å²) in [4.78, 5) is 25.1. The highest BCUT2D eigenvalue weighted by molar-refractivity contribution is 5.75. The third-order valence-electron chi connectivity index (χ3n) is 9.07. The molecule has 0 heterocycles. The van der Waals surface area contributed by atoms with E-state index in [2.05, 4.69) is 26.1 Å². The molecular formula is C39H77NO5. The average molecular weight is 640 g/mol. The molecule has 0 saturated carbocycles. The van der Waals surface area contributed by atoms with Crippen LogP contribution in [0.25, 0.3) is 0 Å². The van der Waals surface area contributed by atoms with Crippen molar-refractivity contribution in [3.63, 3.8) is 0 Å². The van der Waals surface area contributed by atoms with Crippen molar-refractivity contribution < 1.29 is 24.2 Å². The summed E-state index contributed by atoms with van der Waals surface area (Å²) in [5.74, 6) is 0.443. The molecule has 0 amide bonds. The van der Waals surface area contributed by atoms with Gasteiger partial charge in [-0.15, -0.1) is 0 Å². The van der Waals surface area contributed by atoms with Crippen LogP contribution in [0, 0.1) is 5.92 Å². The first-order chi connectivity index (χ1) is 21.9. The molecule has 0 fully saturated rings. The largest absolute Gasteiger partial charge is 0.466 e. The number of carbonyl (C=O) groups excluding carboxylic acids is 2. The number of ether oxygens (including phenoxy) is 2. The number of unbranched alkanes of at least 4 members (excludes halogenated alkanes) is 17. The van der Waals surface area contributed by atoms with Crippen molar-refractivity contribution in [2.45, 2.75) is 213 Å². The third-order valence-corrected chi connectivity index (χ3v) is 9.07. The second kappa shape index (κ2) is 34.2. The van der Waals surface area contributed by atoms with E-state index in [-0.39, 0.29) is 24.1 Å². The molecule has 0 aliphatic carbocycles. The lowest BCUT2D eigenvalue weighted by Gasteiger charge is -2.20. The van der Waals surface area contributed by atoms with E-state index in [0.29, 0.717) is 38.5 Å². The molecule has 0 aromatic rings. The topological polar surface area (TPSA) is 84.9 Å². The van der Waals surface area contributed by atoms with Crippen molar-refractivity contribution in [2.24, 2.45) is 5.92 Å². The Hall–Kier alpha value is -1.14. The van der Waals surface area contributed by atoms with Gasteiger partial charge in [-0.2, -0.15) is 0 Å². The molecule has 0 spiro atoms. The van der Waals surface area contributed by atoms with Crippen molar-refractivity contribution >= 4 is 11.9 Å². The smallest absolute Gasteiger partial charge is 0.323 e. The molecule has 0 aromatic carbocycles. The summed E-state index contributed by atoms with van der Waals surface area (Å²) < 4.78 is 11.2. The van der Waals surface area contributed by atoms with Crippen molar-refractivity contribution in [3.05, 3.63) is 0 Å². The Balaban J connectivity index is 4.26. The van der Waals surface area contributed by atoms with Crippen LogP contribution >= 0.6 is 0 Å². The van der Waals surface area contributed by atoms with Gasteiger partial charge in [0.1, 0.15) is 6.04 Å². The van der Waals surface area contributed by atoms with Gasteiger partial charge in [0.05, 0.1) is 19.3 Å². The molecule has 0 radical (unpaired) electrons. The quantitative estimate of drug-likeness (QED) is 0.0530. The zero-order valence-corrected chi connectivity index (χ0v) is 30.5. The zero-order valence-electron chi connectivity index (χ0n) is 30.5. The van der Waals surface area contributed by atoms with E-state index >= 15 is 0 Å². The first-order valence-corrected chi connectivity index (χ1v) is 19.7. The van der Waals surface area contributed by atoms with E-state index in [1.807, 2.05) is 0 Å². The van der Waals surface area contributed by atoms with E-state index in [4.69, 9.17) is 9.47 Å². The normalized spacial score (nSPS) is 12.8. The lowest BCUT2D eigenvalue weighted by atomic mass is 9.92. The number of nitrogens with one attached hydrogen (secondary N) is 1. The Morgan fingerprint density at radius 2 is 1.04 bits per heavy atom. The van der Waals surface area contributed by atoms with Gasteiger partial charge >= 0.3 is 11.9 Å². The highest BCUT2D eigenvalue weighted by Crippen LogP contribution is 2.22. The Labute approximate surface area is 280 Å². The van der Waals surface area contributed by atoms with Gasteiger partial charge in [0.2, 0.25) is 0 Å². The highest BCUT2D eigenvalue weighted by atomic mass is 16.5. The molecule has 0 aromatic heterocycles. The summed E-state index contributed by atoms with van der Waals surface area (Å²) in [7, 11) is 0. The Bertz CT molecular complexity index is 629. The van der Waals surface area contributed by atoms with Crippen LogP contribution < -0.4 is 5.32 Å². The summed E-state index contributed by atoms with van der Waals surface area (Å²) >= 11 is 0. The number of aliphatic hydroxyl groups excluding tert-OH is 1. The van der Waals surface area contributed by atoms with E-state index in [1.54, 1.807) is 6.92 Å². The van der Waals surface area contributed by atoms with Crippen molar-refractivity contribution in [1.29, 1.82) is 0 Å². The van der Waals surface area contributed by atoms with Gasteiger partial charge in [-0.3, -0.25) is 9.59 Å². The fourth-order valence-corrected chi connectivity index (χ4v) is 5.99. The number of hydrogen-bond acceptors (Lipinski definition) is 6. The van der Waals surface area contributed by atoms with Gasteiger partial charge < -0.3 is 19.9 Å². The number of esters is 2. The standard InChI is InChI=1S/C39H77NO5/c1-5-8-11-14-15-16-20-25-33-44-38(42)29-24-19-17-18-23-28-37(40-32-30-35(4)41)39(43)45-34-31-36(26-21-12-9-6-2)27-22-13-10-7-3/h35-37,40-41H,5-34H2,1-4H3. The summed E-state index contributed by atoms with van der Waals surface area (Å²) in [6.45, 7) is 10.2. The number of hydrogen-bond donors (Lipinski definition) is 2. The highest BCUT2D eigenvalue weighted by Gasteiger charge is 2.20. The minimum Gasteiger partial charge on any atom is -0.466 e. The second-order valence-electron chi connectivity index (χ2n) is 13.7. The SMILES string of the molecule is CCCCCCCCCCOC(=O)CCCCCCCC(NCCC(C)O)C(=O)OCCC(CCCCCC)CCCCCC. The van der Waals surface area contributed by atoms with E-state index in [0.717, 1.165) is 57.8 Å². The second-order valence-corrected chi connectivity index (χ2v) is 13.7. The van der Waals surface area contributed by atoms with Crippen LogP contribution in [0.1, 0.15) is 201 Å². The lowest BCUT2D eigenvalue weighted by Crippen LogP contribution is -2.39. The van der Waals surface area contributed by atoms with Gasteiger partial charge in [0.25, 0.3) is 0 Å². The van der Waals surface area contributed by atoms with Crippen molar-refractivity contribution in [3.8, 4) is 0 Å². The van der Waals surface area contributed by atoms with Crippen molar-refractivity contribution in [1.82, 2.24) is 5.32 Å². The monoisotopic (exact) mass is 640 g/mol. The molecule has 0 aliphatic heterocycles. The Kier molecular flexibility index (Phi) is 33.3. The summed E-state index contributed by atoms with van der Waals surface area (Å²) in [6, 6.07) is -0.317. The van der Waals surface area contributed by atoms with Crippen LogP contribution in [0.15, 0.2) is 0 Å². The first kappa shape index (κ1) is 43.9. The minimum atomic E-state index is -0.387. The molecule has 2 atom stereocenters. The number of aliphatic hydroxyl groups is 1. The summed E-state index contributed by atoms with van der Waals surface area (Å²) in [5, 5.41) is 13.0. The molecule has 2 N–H and O–H groups in total. The molecule has 6 nitrogen and oxygen atoms in total. The fraction of sp³-hybridized carbons (Fsp3) is 0.949.